The van der Waals surface area contributed by atoms with Crippen molar-refractivity contribution in [3.05, 3.63) is 23.9 Å². The monoisotopic (exact) mass is 264 g/mol. The zero-order valence-corrected chi connectivity index (χ0v) is 11.0. The number of carbonyl (C=O) groups excluding carboxylic acids is 1. The molecule has 104 valence electrons. The summed E-state index contributed by atoms with van der Waals surface area (Å²) in [5.74, 6) is -0.0944. The maximum atomic E-state index is 12.1. The smallest absolute Gasteiger partial charge is 0.227 e. The Labute approximate surface area is 112 Å². The lowest BCUT2D eigenvalue weighted by atomic mass is 9.94. The second-order valence-electron chi connectivity index (χ2n) is 4.99. The number of pyridine rings is 1. The van der Waals surface area contributed by atoms with Crippen molar-refractivity contribution >= 4 is 11.7 Å². The van der Waals surface area contributed by atoms with E-state index in [1.54, 1.807) is 12.3 Å². The van der Waals surface area contributed by atoms with Crippen LogP contribution < -0.4 is 11.1 Å². The van der Waals surface area contributed by atoms with Gasteiger partial charge in [0.15, 0.2) is 0 Å². The summed E-state index contributed by atoms with van der Waals surface area (Å²) in [6.45, 7) is 1.74. The summed E-state index contributed by atoms with van der Waals surface area (Å²) in [5.41, 5.74) is 6.50. The molecule has 0 bridgehead atoms. The van der Waals surface area contributed by atoms with E-state index in [0.29, 0.717) is 25.3 Å². The molecule has 6 heteroatoms. The predicted molar refractivity (Wildman–Crippen MR) is 72.1 cm³/mol. The lowest BCUT2D eigenvalue weighted by Gasteiger charge is -2.32. The zero-order chi connectivity index (χ0) is 13.8. The third-order valence-corrected chi connectivity index (χ3v) is 3.50. The first-order valence-corrected chi connectivity index (χ1v) is 6.41. The normalized spacial score (nSPS) is 24.1. The van der Waals surface area contributed by atoms with Crippen LogP contribution in [-0.2, 0) is 11.3 Å². The fourth-order valence-electron chi connectivity index (χ4n) is 2.27. The van der Waals surface area contributed by atoms with E-state index in [2.05, 4.69) is 15.2 Å². The van der Waals surface area contributed by atoms with E-state index in [0.717, 1.165) is 12.1 Å². The Kier molecular flexibility index (Phi) is 4.34. The summed E-state index contributed by atoms with van der Waals surface area (Å²) in [7, 11) is 1.95. The summed E-state index contributed by atoms with van der Waals surface area (Å²) in [6, 6.07) is 3.60. The summed E-state index contributed by atoms with van der Waals surface area (Å²) < 4.78 is 0. The van der Waals surface area contributed by atoms with Gasteiger partial charge in [0.25, 0.3) is 0 Å². The molecule has 6 nitrogen and oxygen atoms in total. The van der Waals surface area contributed by atoms with Crippen LogP contribution in [0.25, 0.3) is 0 Å². The van der Waals surface area contributed by atoms with E-state index >= 15 is 0 Å². The average molecular weight is 264 g/mol. The molecule has 1 amide bonds. The molecule has 1 aliphatic rings. The number of aromatic nitrogens is 1. The van der Waals surface area contributed by atoms with Gasteiger partial charge in [0.1, 0.15) is 5.82 Å². The number of piperidine rings is 1. The lowest BCUT2D eigenvalue weighted by molar-refractivity contribution is -0.131. The third kappa shape index (κ3) is 3.42. The molecule has 1 fully saturated rings. The van der Waals surface area contributed by atoms with Crippen LogP contribution in [0.4, 0.5) is 5.82 Å². The number of aliphatic hydroxyl groups is 1. The van der Waals surface area contributed by atoms with Gasteiger partial charge in [-0.3, -0.25) is 4.79 Å². The number of aliphatic hydroxyl groups excluding tert-OH is 1. The first-order valence-electron chi connectivity index (χ1n) is 6.41. The van der Waals surface area contributed by atoms with Crippen LogP contribution in [0.1, 0.15) is 12.0 Å². The number of carbonyl (C=O) groups is 1. The van der Waals surface area contributed by atoms with Crippen LogP contribution in [0.3, 0.4) is 0 Å². The molecule has 1 aliphatic heterocycles. The van der Waals surface area contributed by atoms with Gasteiger partial charge in [-0.15, -0.1) is 0 Å². The molecule has 2 rings (SSSR count). The van der Waals surface area contributed by atoms with Crippen molar-refractivity contribution in [1.29, 1.82) is 0 Å². The molecule has 1 aromatic heterocycles. The number of nitrogen functional groups attached to an aromatic ring is 1. The van der Waals surface area contributed by atoms with Gasteiger partial charge in [0.2, 0.25) is 5.91 Å². The summed E-state index contributed by atoms with van der Waals surface area (Å²) in [5, 5.41) is 12.7. The Balaban J connectivity index is 1.92. The molecule has 4 N–H and O–H groups in total. The van der Waals surface area contributed by atoms with E-state index in [1.165, 1.54) is 0 Å². The molecule has 1 aromatic rings. The first-order chi connectivity index (χ1) is 9.08. The molecule has 2 heterocycles. The van der Waals surface area contributed by atoms with E-state index in [-0.39, 0.29) is 11.8 Å². The van der Waals surface area contributed by atoms with Gasteiger partial charge in [0, 0.05) is 31.4 Å². The largest absolute Gasteiger partial charge is 0.392 e. The molecule has 0 spiro atoms. The van der Waals surface area contributed by atoms with Crippen LogP contribution >= 0.6 is 0 Å². The van der Waals surface area contributed by atoms with Crippen molar-refractivity contribution in [3.8, 4) is 0 Å². The predicted octanol–water partition coefficient (Wildman–Crippen LogP) is -0.407. The van der Waals surface area contributed by atoms with Crippen molar-refractivity contribution in [1.82, 2.24) is 15.2 Å². The second-order valence-corrected chi connectivity index (χ2v) is 4.99. The van der Waals surface area contributed by atoms with Crippen LogP contribution in [-0.4, -0.2) is 47.1 Å². The highest BCUT2D eigenvalue weighted by Gasteiger charge is 2.31. The van der Waals surface area contributed by atoms with Crippen molar-refractivity contribution in [2.75, 3.05) is 25.9 Å². The Morgan fingerprint density at radius 3 is 3.21 bits per heavy atom. The third-order valence-electron chi connectivity index (χ3n) is 3.50. The zero-order valence-electron chi connectivity index (χ0n) is 11.0. The van der Waals surface area contributed by atoms with E-state index in [1.807, 2.05) is 13.1 Å². The van der Waals surface area contributed by atoms with Gasteiger partial charge in [-0.1, -0.05) is 6.07 Å². The number of likely N-dealkylation sites (tertiary alicyclic amines) is 1. The Hall–Kier alpha value is -1.66. The number of hydrogen-bond donors (Lipinski definition) is 3. The fourth-order valence-corrected chi connectivity index (χ4v) is 2.27. The SMILES string of the molecule is CN1CC[C@@H](O)[C@H](C(=O)NCc2cccnc2N)C1. The molecule has 0 aromatic carbocycles. The van der Waals surface area contributed by atoms with E-state index in [9.17, 15) is 9.90 Å². The summed E-state index contributed by atoms with van der Waals surface area (Å²) in [4.78, 5) is 18.1. The number of anilines is 1. The van der Waals surface area contributed by atoms with Crippen LogP contribution in [0.15, 0.2) is 18.3 Å². The molecule has 0 radical (unpaired) electrons. The van der Waals surface area contributed by atoms with Crippen LogP contribution in [0, 0.1) is 5.92 Å². The maximum Gasteiger partial charge on any atom is 0.227 e. The molecule has 19 heavy (non-hydrogen) atoms. The molecule has 0 aliphatic carbocycles. The molecular weight excluding hydrogens is 244 g/mol. The van der Waals surface area contributed by atoms with E-state index < -0.39 is 6.10 Å². The minimum Gasteiger partial charge on any atom is -0.392 e. The highest BCUT2D eigenvalue weighted by Crippen LogP contribution is 2.16. The van der Waals surface area contributed by atoms with Gasteiger partial charge >= 0.3 is 0 Å². The Bertz CT molecular complexity index is 452. The van der Waals surface area contributed by atoms with Crippen molar-refractivity contribution < 1.29 is 9.90 Å². The number of amides is 1. The molecule has 1 saturated heterocycles. The highest BCUT2D eigenvalue weighted by molar-refractivity contribution is 5.79. The van der Waals surface area contributed by atoms with Crippen LogP contribution in [0.5, 0.6) is 0 Å². The average Bonchev–Trinajstić information content (AvgIpc) is 2.40. The standard InChI is InChI=1S/C13H20N4O2/c1-17-6-4-11(18)10(8-17)13(19)16-7-9-3-2-5-15-12(9)14/h2-3,5,10-11,18H,4,6-8H2,1H3,(H2,14,15)(H,16,19)/t10-,11-/m1/s1. The lowest BCUT2D eigenvalue weighted by Crippen LogP contribution is -2.48. The number of nitrogens with two attached hydrogens (primary N) is 1. The van der Waals surface area contributed by atoms with Crippen molar-refractivity contribution in [3.63, 3.8) is 0 Å². The number of hydrogen-bond acceptors (Lipinski definition) is 5. The molecular formula is C13H20N4O2. The summed E-state index contributed by atoms with van der Waals surface area (Å²) in [6.07, 6.45) is 1.67. The quantitative estimate of drug-likeness (QED) is 0.690. The molecule has 0 saturated carbocycles. The number of rotatable bonds is 3. The highest BCUT2D eigenvalue weighted by atomic mass is 16.3. The minimum atomic E-state index is -0.567. The van der Waals surface area contributed by atoms with Crippen molar-refractivity contribution in [2.24, 2.45) is 5.92 Å². The Morgan fingerprint density at radius 2 is 2.47 bits per heavy atom. The second kappa shape index (κ2) is 5.99. The fraction of sp³-hybridized carbons (Fsp3) is 0.538. The van der Waals surface area contributed by atoms with Gasteiger partial charge in [-0.2, -0.15) is 0 Å². The van der Waals surface area contributed by atoms with Crippen LogP contribution in [0.2, 0.25) is 0 Å². The van der Waals surface area contributed by atoms with Gasteiger partial charge < -0.3 is 21.1 Å². The molecule has 0 unspecified atom stereocenters. The number of nitrogens with zero attached hydrogens (tertiary/aromatic N) is 2. The van der Waals surface area contributed by atoms with Crippen molar-refractivity contribution in [2.45, 2.75) is 19.1 Å². The van der Waals surface area contributed by atoms with Gasteiger partial charge in [-0.25, -0.2) is 4.98 Å². The van der Waals surface area contributed by atoms with E-state index in [4.69, 9.17) is 5.73 Å². The Morgan fingerprint density at radius 1 is 1.68 bits per heavy atom. The number of nitrogens with one attached hydrogen (secondary N) is 1. The van der Waals surface area contributed by atoms with Gasteiger partial charge in [-0.05, 0) is 19.5 Å². The minimum absolute atomic E-state index is 0.137. The van der Waals surface area contributed by atoms with Gasteiger partial charge in [0.05, 0.1) is 12.0 Å². The maximum absolute atomic E-state index is 12.1. The topological polar surface area (TPSA) is 91.5 Å². The first kappa shape index (κ1) is 13.8. The molecule has 2 atom stereocenters. The summed E-state index contributed by atoms with van der Waals surface area (Å²) >= 11 is 0.